The van der Waals surface area contributed by atoms with Crippen molar-refractivity contribution >= 4 is 0 Å². The fourth-order valence-electron chi connectivity index (χ4n) is 2.89. The van der Waals surface area contributed by atoms with Gasteiger partial charge in [-0.3, -0.25) is 4.90 Å². The number of methoxy groups -OCH3 is 1. The number of hydrogen-bond donors (Lipinski definition) is 0. The lowest BCUT2D eigenvalue weighted by Gasteiger charge is -2.25. The lowest BCUT2D eigenvalue weighted by Crippen LogP contribution is -2.29. The van der Waals surface area contributed by atoms with E-state index in [1.165, 1.54) is 25.7 Å². The number of nitrogens with zero attached hydrogens (tertiary/aromatic N) is 4. The summed E-state index contributed by atoms with van der Waals surface area (Å²) >= 11 is 0. The third-order valence-corrected chi connectivity index (χ3v) is 3.81. The second-order valence-corrected chi connectivity index (χ2v) is 5.11. The van der Waals surface area contributed by atoms with Gasteiger partial charge in [-0.1, -0.05) is 12.8 Å². The predicted octanol–water partition coefficient (Wildman–Crippen LogP) is 2.18. The van der Waals surface area contributed by atoms with Gasteiger partial charge in [-0.15, -0.1) is 0 Å². The molecule has 1 unspecified atom stereocenters. The molecular formula is C14H22N4O. The topological polar surface area (TPSA) is 54.1 Å². The van der Waals surface area contributed by atoms with Crippen LogP contribution in [0.5, 0.6) is 5.88 Å². The first-order chi connectivity index (χ1) is 9.19. The first-order valence-electron chi connectivity index (χ1n) is 6.90. The number of rotatable bonds is 3. The molecule has 104 valence electrons. The predicted molar refractivity (Wildman–Crippen MR) is 72.9 cm³/mol. The third-order valence-electron chi connectivity index (χ3n) is 3.81. The third kappa shape index (κ3) is 2.74. The summed E-state index contributed by atoms with van der Waals surface area (Å²) in [6, 6.07) is 2.19. The zero-order valence-corrected chi connectivity index (χ0v) is 12.0. The van der Waals surface area contributed by atoms with Crippen LogP contribution in [0.4, 0.5) is 0 Å². The molecule has 1 aliphatic rings. The van der Waals surface area contributed by atoms with E-state index in [-0.39, 0.29) is 6.04 Å². The summed E-state index contributed by atoms with van der Waals surface area (Å²) in [7, 11) is 3.49. The number of hydrogen-bond acceptors (Lipinski definition) is 4. The van der Waals surface area contributed by atoms with Gasteiger partial charge >= 0.3 is 0 Å². The highest BCUT2D eigenvalue weighted by Crippen LogP contribution is 2.32. The quantitative estimate of drug-likeness (QED) is 0.837. The van der Waals surface area contributed by atoms with Crippen LogP contribution in [0, 0.1) is 18.3 Å². The maximum absolute atomic E-state index is 9.59. The fourth-order valence-corrected chi connectivity index (χ4v) is 2.89. The molecule has 1 aliphatic heterocycles. The van der Waals surface area contributed by atoms with Crippen molar-refractivity contribution in [3.63, 3.8) is 0 Å². The lowest BCUT2D eigenvalue weighted by molar-refractivity contribution is 0.239. The summed E-state index contributed by atoms with van der Waals surface area (Å²) in [6.45, 7) is 3.91. The monoisotopic (exact) mass is 262 g/mol. The standard InChI is InChI=1S/C14H22N4O/c1-11-13(14(19-3)17(2)16-11)12(10-15)18-8-6-4-5-7-9-18/h12H,4-9H2,1-3H3. The van der Waals surface area contributed by atoms with Crippen molar-refractivity contribution in [1.29, 1.82) is 5.26 Å². The van der Waals surface area contributed by atoms with Crippen molar-refractivity contribution in [3.05, 3.63) is 11.3 Å². The molecule has 19 heavy (non-hydrogen) atoms. The molecule has 0 saturated carbocycles. The van der Waals surface area contributed by atoms with E-state index >= 15 is 0 Å². The summed E-state index contributed by atoms with van der Waals surface area (Å²) < 4.78 is 7.14. The van der Waals surface area contributed by atoms with Crippen LogP contribution in [-0.4, -0.2) is 34.9 Å². The Balaban J connectivity index is 2.33. The van der Waals surface area contributed by atoms with Gasteiger partial charge in [-0.25, -0.2) is 4.68 Å². The van der Waals surface area contributed by atoms with E-state index in [9.17, 15) is 5.26 Å². The van der Waals surface area contributed by atoms with Crippen LogP contribution in [0.15, 0.2) is 0 Å². The zero-order valence-electron chi connectivity index (χ0n) is 12.0. The lowest BCUT2D eigenvalue weighted by atomic mass is 10.1. The highest BCUT2D eigenvalue weighted by Gasteiger charge is 2.28. The second kappa shape index (κ2) is 6.07. The molecule has 0 spiro atoms. The molecule has 0 aliphatic carbocycles. The van der Waals surface area contributed by atoms with Crippen LogP contribution in [0.1, 0.15) is 43.0 Å². The minimum atomic E-state index is -0.248. The highest BCUT2D eigenvalue weighted by molar-refractivity contribution is 5.37. The summed E-state index contributed by atoms with van der Waals surface area (Å²) in [4.78, 5) is 2.26. The molecule has 0 aromatic carbocycles. The molecule has 5 heteroatoms. The first kappa shape index (κ1) is 13.9. The molecule has 1 aromatic rings. The van der Waals surface area contributed by atoms with Gasteiger partial charge in [0, 0.05) is 7.05 Å². The van der Waals surface area contributed by atoms with Gasteiger partial charge in [0.25, 0.3) is 0 Å². The maximum Gasteiger partial charge on any atom is 0.217 e. The van der Waals surface area contributed by atoms with Gasteiger partial charge < -0.3 is 4.74 Å². The van der Waals surface area contributed by atoms with E-state index in [0.29, 0.717) is 5.88 Å². The van der Waals surface area contributed by atoms with Crippen molar-refractivity contribution in [2.24, 2.45) is 7.05 Å². The smallest absolute Gasteiger partial charge is 0.217 e. The molecule has 0 radical (unpaired) electrons. The Morgan fingerprint density at radius 1 is 1.26 bits per heavy atom. The number of nitriles is 1. The van der Waals surface area contributed by atoms with E-state index in [1.807, 2.05) is 14.0 Å². The van der Waals surface area contributed by atoms with Crippen molar-refractivity contribution in [3.8, 4) is 11.9 Å². The number of likely N-dealkylation sites (tertiary alicyclic amines) is 1. The molecule has 5 nitrogen and oxygen atoms in total. The van der Waals surface area contributed by atoms with Gasteiger partial charge in [0.2, 0.25) is 5.88 Å². The van der Waals surface area contributed by atoms with Crippen molar-refractivity contribution in [1.82, 2.24) is 14.7 Å². The molecule has 1 aromatic heterocycles. The average Bonchev–Trinajstić information content (AvgIpc) is 2.61. The van der Waals surface area contributed by atoms with Gasteiger partial charge in [0.15, 0.2) is 0 Å². The molecule has 1 atom stereocenters. The normalized spacial score (nSPS) is 18.6. The van der Waals surface area contributed by atoms with Crippen LogP contribution in [0.2, 0.25) is 0 Å². The Hall–Kier alpha value is -1.54. The molecule has 1 fully saturated rings. The molecule has 1 saturated heterocycles. The SMILES string of the molecule is COc1c(C(C#N)N2CCCCCC2)c(C)nn1C. The van der Waals surface area contributed by atoms with Crippen molar-refractivity contribution in [2.45, 2.75) is 38.6 Å². The molecule has 0 bridgehead atoms. The van der Waals surface area contributed by atoms with Crippen molar-refractivity contribution in [2.75, 3.05) is 20.2 Å². The van der Waals surface area contributed by atoms with E-state index in [4.69, 9.17) is 4.74 Å². The van der Waals surface area contributed by atoms with Crippen LogP contribution in [0.3, 0.4) is 0 Å². The van der Waals surface area contributed by atoms with E-state index in [1.54, 1.807) is 11.8 Å². The number of aromatic nitrogens is 2. The molecule has 0 amide bonds. The van der Waals surface area contributed by atoms with Crippen LogP contribution in [-0.2, 0) is 7.05 Å². The first-order valence-corrected chi connectivity index (χ1v) is 6.90. The molecule has 2 rings (SSSR count). The summed E-state index contributed by atoms with van der Waals surface area (Å²) in [6.07, 6.45) is 4.86. The summed E-state index contributed by atoms with van der Waals surface area (Å²) in [5, 5.41) is 14.0. The van der Waals surface area contributed by atoms with Crippen LogP contribution >= 0.6 is 0 Å². The second-order valence-electron chi connectivity index (χ2n) is 5.11. The highest BCUT2D eigenvalue weighted by atomic mass is 16.5. The van der Waals surface area contributed by atoms with Gasteiger partial charge in [-0.05, 0) is 32.9 Å². The summed E-state index contributed by atoms with van der Waals surface area (Å²) in [5.41, 5.74) is 1.81. The molecule has 2 heterocycles. The Morgan fingerprint density at radius 3 is 2.42 bits per heavy atom. The minimum absolute atomic E-state index is 0.248. The van der Waals surface area contributed by atoms with Gasteiger partial charge in [0.05, 0.1) is 24.4 Å². The molecule has 0 N–H and O–H groups in total. The van der Waals surface area contributed by atoms with Crippen LogP contribution < -0.4 is 4.74 Å². The Bertz CT molecular complexity index is 467. The average molecular weight is 262 g/mol. The van der Waals surface area contributed by atoms with Gasteiger partial charge in [0.1, 0.15) is 6.04 Å². The summed E-state index contributed by atoms with van der Waals surface area (Å²) in [5.74, 6) is 0.702. The Labute approximate surface area is 114 Å². The van der Waals surface area contributed by atoms with Crippen molar-refractivity contribution < 1.29 is 4.74 Å². The van der Waals surface area contributed by atoms with Gasteiger partial charge in [-0.2, -0.15) is 10.4 Å². The van der Waals surface area contributed by atoms with Crippen LogP contribution in [0.25, 0.3) is 0 Å². The number of ether oxygens (including phenoxy) is 1. The maximum atomic E-state index is 9.59. The Kier molecular flexibility index (Phi) is 4.43. The van der Waals surface area contributed by atoms with E-state index in [0.717, 1.165) is 24.3 Å². The van der Waals surface area contributed by atoms with E-state index in [2.05, 4.69) is 16.1 Å². The Morgan fingerprint density at radius 2 is 1.89 bits per heavy atom. The fraction of sp³-hybridized carbons (Fsp3) is 0.714. The number of aryl methyl sites for hydroxylation is 2. The largest absolute Gasteiger partial charge is 0.481 e. The molecular weight excluding hydrogens is 240 g/mol. The zero-order chi connectivity index (χ0) is 13.8. The van der Waals surface area contributed by atoms with E-state index < -0.39 is 0 Å². The minimum Gasteiger partial charge on any atom is -0.481 e.